The maximum atomic E-state index is 12.8. The second-order valence-corrected chi connectivity index (χ2v) is 16.2. The largest absolute Gasteiger partial charge is 0.479 e. The van der Waals surface area contributed by atoms with Crippen molar-refractivity contribution in [3.05, 3.63) is 60.8 Å². The quantitative estimate of drug-likeness (QED) is 0.0264. The Balaban J connectivity index is 2.37. The summed E-state index contributed by atoms with van der Waals surface area (Å²) in [5.41, 5.74) is 0. The summed E-state index contributed by atoms with van der Waals surface area (Å²) in [6, 6.07) is 0. The van der Waals surface area contributed by atoms with Gasteiger partial charge in [0.1, 0.15) is 24.9 Å². The summed E-state index contributed by atoms with van der Waals surface area (Å²) in [6.07, 6.45) is 39.8. The number of aliphatic hydroxyl groups is 3. The number of aliphatic hydroxyl groups excluding tert-OH is 3. The van der Waals surface area contributed by atoms with E-state index in [2.05, 4.69) is 74.6 Å². The van der Waals surface area contributed by atoms with E-state index in [1.807, 2.05) is 0 Å². The number of hydrogen-bond acceptors (Lipinski definition) is 10. The summed E-state index contributed by atoms with van der Waals surface area (Å²) in [4.78, 5) is 36.9. The normalized spacial score (nSPS) is 20.2. The van der Waals surface area contributed by atoms with Crippen molar-refractivity contribution in [2.45, 2.75) is 224 Å². The first-order chi connectivity index (χ1) is 29.7. The van der Waals surface area contributed by atoms with E-state index in [0.717, 1.165) is 70.6 Å². The van der Waals surface area contributed by atoms with Gasteiger partial charge in [0.2, 0.25) is 0 Å². The maximum Gasteiger partial charge on any atom is 0.335 e. The number of esters is 2. The predicted octanol–water partition coefficient (Wildman–Crippen LogP) is 10.7. The molecule has 0 spiro atoms. The SMILES string of the molecule is CC/C=C\C/C=C\C/C=C\C/C=C\C/C=C\CCCCCC(=O)OCC(COC1OC(C(=O)O)C(O)C(O)C1O)OC(=O)CCCCCCCCCCCCCCCCCC. The fourth-order valence-electron chi connectivity index (χ4n) is 6.91. The molecule has 0 aromatic carbocycles. The maximum absolute atomic E-state index is 12.8. The van der Waals surface area contributed by atoms with Crippen LogP contribution in [0.2, 0.25) is 0 Å². The van der Waals surface area contributed by atoms with Gasteiger partial charge in [-0.05, 0) is 57.8 Å². The lowest BCUT2D eigenvalue weighted by atomic mass is 9.99. The Morgan fingerprint density at radius 1 is 0.525 bits per heavy atom. The van der Waals surface area contributed by atoms with Crippen LogP contribution in [0.15, 0.2) is 60.8 Å². The average Bonchev–Trinajstić information content (AvgIpc) is 3.24. The summed E-state index contributed by atoms with van der Waals surface area (Å²) in [5.74, 6) is -2.48. The van der Waals surface area contributed by atoms with E-state index in [9.17, 15) is 34.8 Å². The highest BCUT2D eigenvalue weighted by Gasteiger charge is 2.47. The summed E-state index contributed by atoms with van der Waals surface area (Å²) in [6.45, 7) is 3.68. The third-order valence-electron chi connectivity index (χ3n) is 10.6. The van der Waals surface area contributed by atoms with Gasteiger partial charge in [-0.1, -0.05) is 177 Å². The Morgan fingerprint density at radius 3 is 1.46 bits per heavy atom. The summed E-state index contributed by atoms with van der Waals surface area (Å²) in [7, 11) is 0. The van der Waals surface area contributed by atoms with Crippen molar-refractivity contribution in [1.82, 2.24) is 0 Å². The Bertz CT molecular complexity index is 1240. The first kappa shape index (κ1) is 55.9. The highest BCUT2D eigenvalue weighted by Crippen LogP contribution is 2.23. The van der Waals surface area contributed by atoms with Crippen LogP contribution in [0.5, 0.6) is 0 Å². The fourth-order valence-corrected chi connectivity index (χ4v) is 6.91. The van der Waals surface area contributed by atoms with Crippen molar-refractivity contribution in [2.75, 3.05) is 13.2 Å². The molecule has 350 valence electrons. The number of allylic oxidation sites excluding steroid dienone is 10. The van der Waals surface area contributed by atoms with Crippen LogP contribution in [0.1, 0.15) is 187 Å². The van der Waals surface area contributed by atoms with Crippen LogP contribution in [0.25, 0.3) is 0 Å². The molecule has 1 aliphatic heterocycles. The number of ether oxygens (including phenoxy) is 4. The minimum atomic E-state index is -1.87. The Kier molecular flexibility index (Phi) is 36.4. The molecule has 0 aliphatic carbocycles. The van der Waals surface area contributed by atoms with Crippen molar-refractivity contribution in [3.8, 4) is 0 Å². The molecule has 0 amide bonds. The Labute approximate surface area is 368 Å². The van der Waals surface area contributed by atoms with Gasteiger partial charge in [0.25, 0.3) is 0 Å². The van der Waals surface area contributed by atoms with Gasteiger partial charge in [-0.3, -0.25) is 9.59 Å². The second-order valence-electron chi connectivity index (χ2n) is 16.2. The molecule has 61 heavy (non-hydrogen) atoms. The van der Waals surface area contributed by atoms with E-state index in [1.54, 1.807) is 0 Å². The number of carboxylic acid groups (broad SMARTS) is 1. The molecule has 0 aromatic heterocycles. The van der Waals surface area contributed by atoms with E-state index in [-0.39, 0.29) is 19.4 Å². The summed E-state index contributed by atoms with van der Waals surface area (Å²) in [5, 5.41) is 39.9. The molecule has 6 unspecified atom stereocenters. The lowest BCUT2D eigenvalue weighted by Crippen LogP contribution is -2.60. The van der Waals surface area contributed by atoms with Gasteiger partial charge in [0.15, 0.2) is 18.5 Å². The molecule has 0 saturated carbocycles. The van der Waals surface area contributed by atoms with Crippen molar-refractivity contribution in [2.24, 2.45) is 0 Å². The molecule has 0 bridgehead atoms. The molecule has 1 rings (SSSR count). The lowest BCUT2D eigenvalue weighted by Gasteiger charge is -2.38. The molecule has 6 atom stereocenters. The third kappa shape index (κ3) is 31.4. The van der Waals surface area contributed by atoms with Crippen LogP contribution in [-0.4, -0.2) is 88.4 Å². The number of carbonyl (C=O) groups excluding carboxylic acids is 2. The molecule has 11 heteroatoms. The number of unbranched alkanes of at least 4 members (excludes halogenated alkanes) is 18. The first-order valence-electron chi connectivity index (χ1n) is 23.8. The number of aliphatic carboxylic acids is 1. The Morgan fingerprint density at radius 2 is 0.967 bits per heavy atom. The van der Waals surface area contributed by atoms with E-state index in [4.69, 9.17) is 18.9 Å². The van der Waals surface area contributed by atoms with Crippen LogP contribution in [0.3, 0.4) is 0 Å². The molecule has 4 N–H and O–H groups in total. The smallest absolute Gasteiger partial charge is 0.335 e. The third-order valence-corrected chi connectivity index (χ3v) is 10.6. The highest BCUT2D eigenvalue weighted by molar-refractivity contribution is 5.73. The van der Waals surface area contributed by atoms with Crippen molar-refractivity contribution in [1.29, 1.82) is 0 Å². The van der Waals surface area contributed by atoms with Gasteiger partial charge in [-0.15, -0.1) is 0 Å². The molecule has 1 saturated heterocycles. The zero-order chi connectivity index (χ0) is 44.6. The zero-order valence-electron chi connectivity index (χ0n) is 37.9. The standard InChI is InChI=1S/C50H84O11/c1-3-5-7-9-11-13-15-17-19-21-22-23-25-26-28-30-32-34-36-38-43(51)58-40-42(41-59-50-47(55)45(53)46(54)48(61-50)49(56)57)60-44(52)39-37-35-33-31-29-27-24-20-18-16-14-12-10-8-6-4-2/h5,7,11,13,17,19,22-23,26,28,42,45-48,50,53-55H,3-4,6,8-10,12,14-16,18,20-21,24-25,27,29-41H2,1-2H3,(H,56,57)/b7-5-,13-11-,19-17-,23-22-,28-26-. The van der Waals surface area contributed by atoms with Crippen molar-refractivity contribution >= 4 is 17.9 Å². The van der Waals surface area contributed by atoms with Crippen LogP contribution >= 0.6 is 0 Å². The van der Waals surface area contributed by atoms with Crippen LogP contribution in [0.4, 0.5) is 0 Å². The van der Waals surface area contributed by atoms with E-state index in [0.29, 0.717) is 12.8 Å². The minimum absolute atomic E-state index is 0.176. The van der Waals surface area contributed by atoms with E-state index >= 15 is 0 Å². The molecule has 11 nitrogen and oxygen atoms in total. The molecule has 0 radical (unpaired) electrons. The molecule has 1 fully saturated rings. The molecule has 1 heterocycles. The van der Waals surface area contributed by atoms with E-state index in [1.165, 1.54) is 77.0 Å². The molecular weight excluding hydrogens is 777 g/mol. The summed E-state index contributed by atoms with van der Waals surface area (Å²) < 4.78 is 21.7. The van der Waals surface area contributed by atoms with E-state index < -0.39 is 61.3 Å². The van der Waals surface area contributed by atoms with Gasteiger partial charge in [0.05, 0.1) is 6.61 Å². The van der Waals surface area contributed by atoms with Crippen LogP contribution in [0, 0.1) is 0 Å². The van der Waals surface area contributed by atoms with Crippen LogP contribution < -0.4 is 0 Å². The van der Waals surface area contributed by atoms with Gasteiger partial charge in [-0.25, -0.2) is 4.79 Å². The van der Waals surface area contributed by atoms with Gasteiger partial charge in [0, 0.05) is 12.8 Å². The second kappa shape index (κ2) is 39.7. The van der Waals surface area contributed by atoms with Gasteiger partial charge in [-0.2, -0.15) is 0 Å². The molecule has 1 aliphatic rings. The number of carbonyl (C=O) groups is 3. The number of rotatable bonds is 39. The zero-order valence-corrected chi connectivity index (χ0v) is 37.9. The molecule has 0 aromatic rings. The van der Waals surface area contributed by atoms with Gasteiger partial charge >= 0.3 is 17.9 Å². The topological polar surface area (TPSA) is 169 Å². The first-order valence-corrected chi connectivity index (χ1v) is 23.8. The van der Waals surface area contributed by atoms with Gasteiger partial charge < -0.3 is 39.4 Å². The fraction of sp³-hybridized carbons (Fsp3) is 0.740. The Hall–Kier alpha value is -3.09. The number of carboxylic acids is 1. The van der Waals surface area contributed by atoms with Crippen molar-refractivity contribution < 1.29 is 53.8 Å². The lowest BCUT2D eigenvalue weighted by molar-refractivity contribution is -0.298. The minimum Gasteiger partial charge on any atom is -0.479 e. The average molecular weight is 861 g/mol. The monoisotopic (exact) mass is 861 g/mol. The predicted molar refractivity (Wildman–Crippen MR) is 243 cm³/mol. The summed E-state index contributed by atoms with van der Waals surface area (Å²) >= 11 is 0. The highest BCUT2D eigenvalue weighted by atomic mass is 16.7. The molecular formula is C50H84O11. The van der Waals surface area contributed by atoms with Crippen LogP contribution in [-0.2, 0) is 33.3 Å². The number of hydrogen-bond donors (Lipinski definition) is 4. The van der Waals surface area contributed by atoms with Crippen molar-refractivity contribution in [3.63, 3.8) is 0 Å².